The van der Waals surface area contributed by atoms with Gasteiger partial charge in [-0.3, -0.25) is 4.79 Å². The molecule has 0 spiro atoms. The largest absolute Gasteiger partial charge is 0.373 e. The zero-order valence-corrected chi connectivity index (χ0v) is 10.8. The molecule has 1 aliphatic rings. The van der Waals surface area contributed by atoms with Crippen LogP contribution < -0.4 is 10.6 Å². The van der Waals surface area contributed by atoms with Crippen LogP contribution in [0.25, 0.3) is 0 Å². The van der Waals surface area contributed by atoms with E-state index in [2.05, 4.69) is 17.6 Å². The molecule has 1 heterocycles. The predicted molar refractivity (Wildman–Crippen MR) is 65.9 cm³/mol. The van der Waals surface area contributed by atoms with Crippen LogP contribution in [0.4, 0.5) is 0 Å². The summed E-state index contributed by atoms with van der Waals surface area (Å²) in [7, 11) is 0. The number of nitrogens with one attached hydrogen (secondary N) is 2. The maximum atomic E-state index is 11.6. The van der Waals surface area contributed by atoms with E-state index in [1.807, 2.05) is 0 Å². The fourth-order valence-corrected chi connectivity index (χ4v) is 1.59. The summed E-state index contributed by atoms with van der Waals surface area (Å²) in [6.45, 7) is 7.47. The molecule has 1 aliphatic heterocycles. The van der Waals surface area contributed by atoms with Gasteiger partial charge in [0.15, 0.2) is 0 Å². The first-order valence-electron chi connectivity index (χ1n) is 6.45. The van der Waals surface area contributed by atoms with E-state index in [4.69, 9.17) is 9.47 Å². The first-order chi connectivity index (χ1) is 8.24. The molecule has 2 unspecified atom stereocenters. The minimum absolute atomic E-state index is 0.0396. The topological polar surface area (TPSA) is 59.6 Å². The summed E-state index contributed by atoms with van der Waals surface area (Å²) < 4.78 is 11.0. The van der Waals surface area contributed by atoms with Crippen molar-refractivity contribution < 1.29 is 14.3 Å². The van der Waals surface area contributed by atoms with Gasteiger partial charge in [-0.25, -0.2) is 0 Å². The molecule has 0 aliphatic carbocycles. The lowest BCUT2D eigenvalue weighted by Gasteiger charge is -2.24. The lowest BCUT2D eigenvalue weighted by Crippen LogP contribution is -2.43. The summed E-state index contributed by atoms with van der Waals surface area (Å²) in [6.07, 6.45) is 1.75. The van der Waals surface area contributed by atoms with Crippen molar-refractivity contribution in [3.63, 3.8) is 0 Å². The van der Waals surface area contributed by atoms with Crippen molar-refractivity contribution >= 4 is 5.91 Å². The average Bonchev–Trinajstić information content (AvgIpc) is 2.37. The second-order valence-corrected chi connectivity index (χ2v) is 4.32. The van der Waals surface area contributed by atoms with Gasteiger partial charge in [-0.05, 0) is 13.3 Å². The highest BCUT2D eigenvalue weighted by molar-refractivity contribution is 5.80. The van der Waals surface area contributed by atoms with Gasteiger partial charge in [-0.2, -0.15) is 0 Å². The molecule has 0 radical (unpaired) electrons. The third-order valence-corrected chi connectivity index (χ3v) is 2.74. The number of ether oxygens (including phenoxy) is 2. The van der Waals surface area contributed by atoms with Crippen LogP contribution in [0.5, 0.6) is 0 Å². The average molecular weight is 244 g/mol. The van der Waals surface area contributed by atoms with E-state index < -0.39 is 6.10 Å². The number of rotatable bonds is 7. The van der Waals surface area contributed by atoms with Gasteiger partial charge in [0.05, 0.1) is 19.3 Å². The van der Waals surface area contributed by atoms with E-state index in [0.717, 1.165) is 32.5 Å². The molecule has 2 N–H and O–H groups in total. The lowest BCUT2D eigenvalue weighted by molar-refractivity contribution is -0.135. The molecular weight excluding hydrogens is 220 g/mol. The minimum Gasteiger partial charge on any atom is -0.373 e. The molecule has 1 saturated heterocycles. The van der Waals surface area contributed by atoms with E-state index in [1.165, 1.54) is 0 Å². The molecule has 5 nitrogen and oxygen atoms in total. The predicted octanol–water partition coefficient (Wildman–Crippen LogP) is 0.296. The van der Waals surface area contributed by atoms with Gasteiger partial charge in [0.1, 0.15) is 6.10 Å². The van der Waals surface area contributed by atoms with Crippen LogP contribution in [0.3, 0.4) is 0 Å². The second-order valence-electron chi connectivity index (χ2n) is 4.32. The van der Waals surface area contributed by atoms with E-state index in [0.29, 0.717) is 13.2 Å². The maximum Gasteiger partial charge on any atom is 0.248 e. The molecule has 0 saturated carbocycles. The zero-order chi connectivity index (χ0) is 12.5. The van der Waals surface area contributed by atoms with Crippen molar-refractivity contribution in [2.45, 2.75) is 38.9 Å². The molecular formula is C12H24N2O3. The Morgan fingerprint density at radius 1 is 1.65 bits per heavy atom. The highest BCUT2D eigenvalue weighted by atomic mass is 16.5. The summed E-state index contributed by atoms with van der Waals surface area (Å²) >= 11 is 0. The fourth-order valence-electron chi connectivity index (χ4n) is 1.59. The minimum atomic E-state index is -0.405. The summed E-state index contributed by atoms with van der Waals surface area (Å²) in [5, 5.41) is 6.07. The van der Waals surface area contributed by atoms with Crippen molar-refractivity contribution in [3.05, 3.63) is 0 Å². The van der Waals surface area contributed by atoms with E-state index >= 15 is 0 Å². The molecule has 2 atom stereocenters. The SMILES string of the molecule is CCCCNC(=O)C(C)OCC1CNCCO1. The van der Waals surface area contributed by atoms with Crippen molar-refractivity contribution in [2.24, 2.45) is 0 Å². The van der Waals surface area contributed by atoms with Gasteiger partial charge in [0.2, 0.25) is 5.91 Å². The quantitative estimate of drug-likeness (QED) is 0.632. The highest BCUT2D eigenvalue weighted by Crippen LogP contribution is 2.00. The Morgan fingerprint density at radius 2 is 2.47 bits per heavy atom. The molecule has 1 fully saturated rings. The molecule has 0 bridgehead atoms. The molecule has 1 amide bonds. The van der Waals surface area contributed by atoms with E-state index in [1.54, 1.807) is 6.92 Å². The van der Waals surface area contributed by atoms with Gasteiger partial charge >= 0.3 is 0 Å². The van der Waals surface area contributed by atoms with Crippen LogP contribution in [0.1, 0.15) is 26.7 Å². The number of amides is 1. The monoisotopic (exact) mass is 244 g/mol. The van der Waals surface area contributed by atoms with Gasteiger partial charge in [-0.15, -0.1) is 0 Å². The smallest absolute Gasteiger partial charge is 0.248 e. The number of morpholine rings is 1. The third-order valence-electron chi connectivity index (χ3n) is 2.74. The number of carbonyl (C=O) groups is 1. The van der Waals surface area contributed by atoms with Gasteiger partial charge < -0.3 is 20.1 Å². The van der Waals surface area contributed by atoms with Crippen LogP contribution in [-0.4, -0.2) is 51.0 Å². The van der Waals surface area contributed by atoms with Crippen LogP contribution >= 0.6 is 0 Å². The van der Waals surface area contributed by atoms with Gasteiger partial charge in [-0.1, -0.05) is 13.3 Å². The summed E-state index contributed by atoms with van der Waals surface area (Å²) in [5.74, 6) is -0.0396. The number of carbonyl (C=O) groups excluding carboxylic acids is 1. The maximum absolute atomic E-state index is 11.6. The first-order valence-corrected chi connectivity index (χ1v) is 6.45. The molecule has 5 heteroatoms. The number of unbranched alkanes of at least 4 members (excludes halogenated alkanes) is 1. The zero-order valence-electron chi connectivity index (χ0n) is 10.8. The van der Waals surface area contributed by atoms with Crippen molar-refractivity contribution in [3.8, 4) is 0 Å². The van der Waals surface area contributed by atoms with Crippen LogP contribution in [-0.2, 0) is 14.3 Å². The Kier molecular flexibility index (Phi) is 7.16. The van der Waals surface area contributed by atoms with E-state index in [-0.39, 0.29) is 12.0 Å². The number of hydrogen-bond donors (Lipinski definition) is 2. The van der Waals surface area contributed by atoms with E-state index in [9.17, 15) is 4.79 Å². The Bertz CT molecular complexity index is 218. The van der Waals surface area contributed by atoms with Crippen LogP contribution in [0.2, 0.25) is 0 Å². The Balaban J connectivity index is 2.10. The second kappa shape index (κ2) is 8.44. The summed E-state index contributed by atoms with van der Waals surface area (Å²) in [4.78, 5) is 11.6. The lowest BCUT2D eigenvalue weighted by atomic mass is 10.3. The van der Waals surface area contributed by atoms with Gasteiger partial charge in [0, 0.05) is 19.6 Å². The van der Waals surface area contributed by atoms with Crippen molar-refractivity contribution in [1.29, 1.82) is 0 Å². The molecule has 17 heavy (non-hydrogen) atoms. The fraction of sp³-hybridized carbons (Fsp3) is 0.917. The molecule has 1 rings (SSSR count). The Labute approximate surface area is 103 Å². The van der Waals surface area contributed by atoms with Gasteiger partial charge in [0.25, 0.3) is 0 Å². The molecule has 0 aromatic rings. The summed E-state index contributed by atoms with van der Waals surface area (Å²) in [6, 6.07) is 0. The Morgan fingerprint density at radius 3 is 3.12 bits per heavy atom. The van der Waals surface area contributed by atoms with Crippen LogP contribution in [0, 0.1) is 0 Å². The number of hydrogen-bond acceptors (Lipinski definition) is 4. The molecule has 100 valence electrons. The Hall–Kier alpha value is -0.650. The first kappa shape index (κ1) is 14.4. The third kappa shape index (κ3) is 6.00. The molecule has 0 aromatic heterocycles. The van der Waals surface area contributed by atoms with Crippen molar-refractivity contribution in [2.75, 3.05) is 32.8 Å². The normalized spacial score (nSPS) is 22.1. The standard InChI is InChI=1S/C12H24N2O3/c1-3-4-5-14-12(15)10(2)17-9-11-8-13-6-7-16-11/h10-11,13H,3-9H2,1-2H3,(H,14,15). The van der Waals surface area contributed by atoms with Crippen LogP contribution in [0.15, 0.2) is 0 Å². The molecule has 0 aromatic carbocycles. The summed E-state index contributed by atoms with van der Waals surface area (Å²) in [5.41, 5.74) is 0. The highest BCUT2D eigenvalue weighted by Gasteiger charge is 2.18. The van der Waals surface area contributed by atoms with Crippen molar-refractivity contribution in [1.82, 2.24) is 10.6 Å².